The summed E-state index contributed by atoms with van der Waals surface area (Å²) in [5, 5.41) is 3.01. The maximum Gasteiger partial charge on any atom is 0.266 e. The van der Waals surface area contributed by atoms with Gasteiger partial charge < -0.3 is 10.1 Å². The second kappa shape index (κ2) is 4.38. The van der Waals surface area contributed by atoms with E-state index in [2.05, 4.69) is 10.7 Å². The molecule has 6 nitrogen and oxygen atoms in total. The van der Waals surface area contributed by atoms with Crippen molar-refractivity contribution in [3.05, 3.63) is 18.2 Å². The van der Waals surface area contributed by atoms with Gasteiger partial charge in [0, 0.05) is 12.7 Å². The lowest BCUT2D eigenvalue weighted by Crippen LogP contribution is -2.46. The predicted octanol–water partition coefficient (Wildman–Crippen LogP) is -0.125. The molecule has 86 valence electrons. The number of carbonyl (C=O) groups is 1. The van der Waals surface area contributed by atoms with Gasteiger partial charge in [-0.25, -0.2) is 5.43 Å². The first-order valence-electron chi connectivity index (χ1n) is 4.94. The number of fused-ring (bicyclic) bond motifs is 1. The van der Waals surface area contributed by atoms with Gasteiger partial charge >= 0.3 is 0 Å². The summed E-state index contributed by atoms with van der Waals surface area (Å²) in [7, 11) is 1.82. The number of carbonyl (C=O) groups excluding carboxylic acids is 1. The molecule has 0 atom stereocenters. The topological polar surface area (TPSA) is 79.6 Å². The summed E-state index contributed by atoms with van der Waals surface area (Å²) in [6.07, 6.45) is 0. The van der Waals surface area contributed by atoms with Crippen LogP contribution in [0.15, 0.2) is 18.2 Å². The first-order valence-corrected chi connectivity index (χ1v) is 4.94. The van der Waals surface area contributed by atoms with Crippen LogP contribution < -0.4 is 26.2 Å². The molecule has 0 saturated carbocycles. The summed E-state index contributed by atoms with van der Waals surface area (Å²) >= 11 is 0. The molecule has 2 rings (SSSR count). The largest absolute Gasteiger partial charge is 0.482 e. The molecule has 0 bridgehead atoms. The molecule has 1 aliphatic rings. The van der Waals surface area contributed by atoms with Crippen LogP contribution in [0.2, 0.25) is 0 Å². The first kappa shape index (κ1) is 10.7. The van der Waals surface area contributed by atoms with Gasteiger partial charge in [-0.05, 0) is 18.2 Å². The summed E-state index contributed by atoms with van der Waals surface area (Å²) in [5.74, 6) is 5.83. The maximum atomic E-state index is 11.6. The highest BCUT2D eigenvalue weighted by molar-refractivity contribution is 5.98. The van der Waals surface area contributed by atoms with Crippen LogP contribution in [0.25, 0.3) is 0 Å². The van der Waals surface area contributed by atoms with Gasteiger partial charge in [0.25, 0.3) is 5.91 Å². The molecule has 0 spiro atoms. The smallest absolute Gasteiger partial charge is 0.266 e. The van der Waals surface area contributed by atoms with Crippen molar-refractivity contribution in [2.75, 3.05) is 30.5 Å². The molecule has 0 unspecified atom stereocenters. The molecule has 0 aliphatic carbocycles. The quantitative estimate of drug-likeness (QED) is 0.490. The third-order valence-corrected chi connectivity index (χ3v) is 2.44. The Bertz CT molecular complexity index is 408. The van der Waals surface area contributed by atoms with E-state index in [9.17, 15) is 4.79 Å². The molecule has 1 aliphatic heterocycles. The number of nitrogens with zero attached hydrogens (tertiary/aromatic N) is 1. The lowest BCUT2D eigenvalue weighted by molar-refractivity contribution is -0.121. The zero-order chi connectivity index (χ0) is 11.5. The van der Waals surface area contributed by atoms with Crippen molar-refractivity contribution in [2.45, 2.75) is 0 Å². The van der Waals surface area contributed by atoms with E-state index < -0.39 is 0 Å². The van der Waals surface area contributed by atoms with Crippen molar-refractivity contribution in [3.8, 4) is 5.75 Å². The summed E-state index contributed by atoms with van der Waals surface area (Å²) in [6, 6.07) is 5.57. The Labute approximate surface area is 93.3 Å². The lowest BCUT2D eigenvalue weighted by Gasteiger charge is -2.29. The number of hydrogen-bond acceptors (Lipinski definition) is 5. The van der Waals surface area contributed by atoms with Crippen LogP contribution in [-0.4, -0.2) is 26.2 Å². The summed E-state index contributed by atoms with van der Waals surface area (Å²) in [4.78, 5) is 13.2. The predicted molar refractivity (Wildman–Crippen MR) is 61.2 cm³/mol. The summed E-state index contributed by atoms with van der Waals surface area (Å²) < 4.78 is 5.32. The molecule has 1 heterocycles. The zero-order valence-electron chi connectivity index (χ0n) is 8.99. The van der Waals surface area contributed by atoms with Crippen molar-refractivity contribution >= 4 is 17.3 Å². The van der Waals surface area contributed by atoms with Gasteiger partial charge in [0.1, 0.15) is 5.75 Å². The van der Waals surface area contributed by atoms with Gasteiger partial charge in [-0.2, -0.15) is 0 Å². The van der Waals surface area contributed by atoms with E-state index in [-0.39, 0.29) is 19.2 Å². The second-order valence-corrected chi connectivity index (χ2v) is 3.41. The average Bonchev–Trinajstić information content (AvgIpc) is 2.32. The number of ether oxygens (including phenoxy) is 1. The SMILES string of the molecule is CNc1ccc2c(c1)N(CNN)C(=O)CO2. The molecule has 16 heavy (non-hydrogen) atoms. The third kappa shape index (κ3) is 1.80. The van der Waals surface area contributed by atoms with Crippen LogP contribution in [0.1, 0.15) is 0 Å². The third-order valence-electron chi connectivity index (χ3n) is 2.44. The van der Waals surface area contributed by atoms with E-state index in [0.717, 1.165) is 11.4 Å². The number of anilines is 2. The Morgan fingerprint density at radius 3 is 3.06 bits per heavy atom. The number of nitrogens with two attached hydrogens (primary N) is 1. The van der Waals surface area contributed by atoms with E-state index in [0.29, 0.717) is 5.75 Å². The van der Waals surface area contributed by atoms with Crippen molar-refractivity contribution in [3.63, 3.8) is 0 Å². The summed E-state index contributed by atoms with van der Waals surface area (Å²) in [5.41, 5.74) is 4.11. The highest BCUT2D eigenvalue weighted by Gasteiger charge is 2.24. The number of rotatable bonds is 3. The molecule has 1 aromatic carbocycles. The average molecular weight is 222 g/mol. The van der Waals surface area contributed by atoms with Gasteiger partial charge in [0.15, 0.2) is 6.61 Å². The van der Waals surface area contributed by atoms with E-state index >= 15 is 0 Å². The van der Waals surface area contributed by atoms with Crippen LogP contribution in [-0.2, 0) is 4.79 Å². The molecular weight excluding hydrogens is 208 g/mol. The Balaban J connectivity index is 2.39. The molecular formula is C10H14N4O2. The fraction of sp³-hybridized carbons (Fsp3) is 0.300. The van der Waals surface area contributed by atoms with Crippen molar-refractivity contribution in [1.82, 2.24) is 5.43 Å². The minimum absolute atomic E-state index is 0.0492. The highest BCUT2D eigenvalue weighted by atomic mass is 16.5. The van der Waals surface area contributed by atoms with Crippen LogP contribution in [0.3, 0.4) is 0 Å². The van der Waals surface area contributed by atoms with E-state index in [4.69, 9.17) is 10.6 Å². The van der Waals surface area contributed by atoms with Gasteiger partial charge in [-0.3, -0.25) is 15.5 Å². The van der Waals surface area contributed by atoms with Gasteiger partial charge in [-0.1, -0.05) is 0 Å². The van der Waals surface area contributed by atoms with Crippen LogP contribution in [0.4, 0.5) is 11.4 Å². The van der Waals surface area contributed by atoms with Crippen molar-refractivity contribution in [1.29, 1.82) is 0 Å². The fourth-order valence-corrected chi connectivity index (χ4v) is 1.62. The van der Waals surface area contributed by atoms with E-state index in [1.165, 1.54) is 0 Å². The number of hydrazine groups is 1. The molecule has 1 amide bonds. The van der Waals surface area contributed by atoms with E-state index in [1.807, 2.05) is 25.2 Å². The van der Waals surface area contributed by atoms with Crippen molar-refractivity contribution < 1.29 is 9.53 Å². The molecule has 4 N–H and O–H groups in total. The first-order chi connectivity index (χ1) is 7.76. The fourth-order valence-electron chi connectivity index (χ4n) is 1.62. The van der Waals surface area contributed by atoms with Crippen LogP contribution >= 0.6 is 0 Å². The molecule has 1 aromatic rings. The Morgan fingerprint density at radius 1 is 1.56 bits per heavy atom. The monoisotopic (exact) mass is 222 g/mol. The Kier molecular flexibility index (Phi) is 2.93. The zero-order valence-corrected chi connectivity index (χ0v) is 8.99. The molecule has 0 saturated heterocycles. The lowest BCUT2D eigenvalue weighted by atomic mass is 10.2. The standard InChI is InChI=1S/C10H14N4O2/c1-12-7-2-3-9-8(4-7)14(6-13-11)10(15)5-16-9/h2-4,12-13H,5-6,11H2,1H3. The molecule has 0 radical (unpaired) electrons. The second-order valence-electron chi connectivity index (χ2n) is 3.41. The molecule has 0 fully saturated rings. The number of hydrogen-bond donors (Lipinski definition) is 3. The van der Waals surface area contributed by atoms with E-state index in [1.54, 1.807) is 4.90 Å². The van der Waals surface area contributed by atoms with Gasteiger partial charge in [-0.15, -0.1) is 0 Å². The normalized spacial score (nSPS) is 14.4. The Hall–Kier alpha value is -1.79. The van der Waals surface area contributed by atoms with Gasteiger partial charge in [0.05, 0.1) is 12.4 Å². The molecule has 6 heteroatoms. The van der Waals surface area contributed by atoms with Crippen LogP contribution in [0.5, 0.6) is 5.75 Å². The Morgan fingerprint density at radius 2 is 2.38 bits per heavy atom. The number of amides is 1. The van der Waals surface area contributed by atoms with Crippen molar-refractivity contribution in [2.24, 2.45) is 5.84 Å². The number of benzene rings is 1. The molecule has 0 aromatic heterocycles. The minimum atomic E-state index is -0.112. The van der Waals surface area contributed by atoms with Crippen LogP contribution in [0, 0.1) is 0 Å². The van der Waals surface area contributed by atoms with Gasteiger partial charge in [0.2, 0.25) is 0 Å². The summed E-state index contributed by atoms with van der Waals surface area (Å²) in [6.45, 7) is 0.315. The minimum Gasteiger partial charge on any atom is -0.482 e. The number of nitrogens with one attached hydrogen (secondary N) is 2. The maximum absolute atomic E-state index is 11.6. The highest BCUT2D eigenvalue weighted by Crippen LogP contribution is 2.33.